The molecule has 0 amide bonds. The summed E-state index contributed by atoms with van der Waals surface area (Å²) in [6, 6.07) is 19.2. The van der Waals surface area contributed by atoms with Crippen molar-refractivity contribution in [1.29, 1.82) is 0 Å². The van der Waals surface area contributed by atoms with Crippen LogP contribution in [0.5, 0.6) is 0 Å². The third kappa shape index (κ3) is 10.5. The first-order valence-electron chi connectivity index (χ1n) is 12.9. The van der Waals surface area contributed by atoms with Crippen molar-refractivity contribution in [1.82, 2.24) is 15.0 Å². The fourth-order valence-electron chi connectivity index (χ4n) is 5.23. The van der Waals surface area contributed by atoms with Crippen LogP contribution in [0, 0.1) is 20.6 Å². The van der Waals surface area contributed by atoms with Crippen molar-refractivity contribution in [3.8, 4) is 0 Å². The SMILES string of the molecule is CN(C[C@H](Cc1ccccc1)N(C[C@H](CC1CCCCC1)N(CCc1ccccc1)N=O)N=O)N=O.[Na]. The molecule has 1 fully saturated rings. The van der Waals surface area contributed by atoms with Gasteiger partial charge in [-0.25, -0.2) is 0 Å². The van der Waals surface area contributed by atoms with Gasteiger partial charge in [0.25, 0.3) is 0 Å². The maximum absolute atomic E-state index is 12.1. The summed E-state index contributed by atoms with van der Waals surface area (Å²) in [6.45, 7) is 0.986. The van der Waals surface area contributed by atoms with Gasteiger partial charge in [-0.2, -0.15) is 0 Å². The maximum Gasteiger partial charge on any atom is 0.0736 e. The number of nitroso groups, excluding NO2 is 3. The van der Waals surface area contributed by atoms with Gasteiger partial charge in [0, 0.05) is 43.1 Å². The predicted molar refractivity (Wildman–Crippen MR) is 148 cm³/mol. The Kier molecular flexibility index (Phi) is 14.4. The van der Waals surface area contributed by atoms with E-state index in [-0.39, 0.29) is 54.7 Å². The van der Waals surface area contributed by atoms with Gasteiger partial charge in [-0.1, -0.05) is 92.8 Å². The molecule has 195 valence electrons. The molecule has 1 radical (unpaired) electrons. The molecule has 2 atom stereocenters. The summed E-state index contributed by atoms with van der Waals surface area (Å²) in [7, 11) is 1.59. The van der Waals surface area contributed by atoms with Crippen molar-refractivity contribution in [2.45, 2.75) is 63.5 Å². The zero-order valence-corrected chi connectivity index (χ0v) is 24.2. The molecule has 1 saturated carbocycles. The second-order valence-corrected chi connectivity index (χ2v) is 9.84. The van der Waals surface area contributed by atoms with E-state index in [1.807, 2.05) is 60.7 Å². The Labute approximate surface area is 242 Å². The first kappa shape index (κ1) is 30.9. The fraction of sp³-hybridized carbons (Fsp3) is 0.556. The van der Waals surface area contributed by atoms with E-state index in [1.165, 1.54) is 29.3 Å². The molecule has 0 saturated heterocycles. The molecular formula is C27H38N6NaO3. The summed E-state index contributed by atoms with van der Waals surface area (Å²) >= 11 is 0. The standard InChI is InChI=1S/C27H38N6O3.Na/c1-31(28-34)21-26(19-24-13-7-3-8-14-24)33(30-36)22-27(20-25-15-9-4-10-16-25)32(29-35)18-17-23-11-5-2-6-12-23;/h2-3,5-8,11-14,25-27H,4,9-10,15-22H2,1H3;/t26-,27-;/m0./s1. The van der Waals surface area contributed by atoms with Crippen LogP contribution >= 0.6 is 0 Å². The van der Waals surface area contributed by atoms with Crippen LogP contribution in [0.2, 0.25) is 0 Å². The van der Waals surface area contributed by atoms with E-state index in [0.29, 0.717) is 25.3 Å². The number of nitrogens with zero attached hydrogens (tertiary/aromatic N) is 6. The summed E-state index contributed by atoms with van der Waals surface area (Å²) in [5.41, 5.74) is 2.17. The molecule has 0 heterocycles. The van der Waals surface area contributed by atoms with Crippen LogP contribution in [0.25, 0.3) is 0 Å². The summed E-state index contributed by atoms with van der Waals surface area (Å²) in [4.78, 5) is 35.3. The molecule has 0 aliphatic heterocycles. The number of rotatable bonds is 16. The van der Waals surface area contributed by atoms with Crippen molar-refractivity contribution in [3.05, 3.63) is 86.5 Å². The Morgan fingerprint density at radius 3 is 1.92 bits per heavy atom. The van der Waals surface area contributed by atoms with E-state index < -0.39 is 0 Å². The minimum absolute atomic E-state index is 0. The Bertz CT molecular complexity index is 917. The summed E-state index contributed by atoms with van der Waals surface area (Å²) in [6.07, 6.45) is 7.89. The van der Waals surface area contributed by atoms with Gasteiger partial charge >= 0.3 is 0 Å². The summed E-state index contributed by atoms with van der Waals surface area (Å²) in [5, 5.41) is 14.2. The van der Waals surface area contributed by atoms with Crippen LogP contribution in [-0.4, -0.2) is 83.3 Å². The largest absolute Gasteiger partial charge is 0.262 e. The second-order valence-electron chi connectivity index (χ2n) is 9.84. The molecule has 0 aromatic heterocycles. The van der Waals surface area contributed by atoms with Gasteiger partial charge in [0.05, 0.1) is 41.0 Å². The third-order valence-electron chi connectivity index (χ3n) is 7.18. The molecule has 0 bridgehead atoms. The molecular weight excluding hydrogens is 479 g/mol. The molecule has 37 heavy (non-hydrogen) atoms. The Morgan fingerprint density at radius 2 is 1.35 bits per heavy atom. The molecule has 2 aromatic rings. The first-order valence-corrected chi connectivity index (χ1v) is 12.9. The Hall–Kier alpha value is -2.36. The Balaban J connectivity index is 0.00000481. The van der Waals surface area contributed by atoms with Crippen LogP contribution in [0.1, 0.15) is 49.7 Å². The van der Waals surface area contributed by atoms with Gasteiger partial charge in [0.1, 0.15) is 0 Å². The molecule has 10 heteroatoms. The van der Waals surface area contributed by atoms with Gasteiger partial charge < -0.3 is 0 Å². The van der Waals surface area contributed by atoms with Crippen LogP contribution in [-0.2, 0) is 12.8 Å². The average Bonchev–Trinajstić information content (AvgIpc) is 2.93. The van der Waals surface area contributed by atoms with Gasteiger partial charge in [-0.15, -0.1) is 14.7 Å². The average molecular weight is 518 g/mol. The maximum atomic E-state index is 12.1. The molecule has 9 nitrogen and oxygen atoms in total. The summed E-state index contributed by atoms with van der Waals surface area (Å²) < 4.78 is 0. The van der Waals surface area contributed by atoms with Crippen LogP contribution in [0.4, 0.5) is 0 Å². The topological polar surface area (TPSA) is 98.0 Å². The number of likely N-dealkylation sites (N-methyl/N-ethyl adjacent to an activating group) is 1. The van der Waals surface area contributed by atoms with Crippen molar-refractivity contribution >= 4 is 29.6 Å². The normalized spacial score (nSPS) is 15.1. The molecule has 1 aliphatic rings. The minimum Gasteiger partial charge on any atom is -0.262 e. The number of hydrogen-bond donors (Lipinski definition) is 0. The van der Waals surface area contributed by atoms with E-state index >= 15 is 0 Å². The minimum atomic E-state index is -0.371. The second kappa shape index (κ2) is 17.2. The number of hydrogen-bond acceptors (Lipinski definition) is 6. The Morgan fingerprint density at radius 1 is 0.757 bits per heavy atom. The van der Waals surface area contributed by atoms with Gasteiger partial charge in [-0.3, -0.25) is 15.0 Å². The van der Waals surface area contributed by atoms with Gasteiger partial charge in [-0.05, 0) is 36.3 Å². The number of benzene rings is 2. The molecule has 0 N–H and O–H groups in total. The fourth-order valence-corrected chi connectivity index (χ4v) is 5.23. The predicted octanol–water partition coefficient (Wildman–Crippen LogP) is 5.38. The summed E-state index contributed by atoms with van der Waals surface area (Å²) in [5.74, 6) is 0.491. The first-order chi connectivity index (χ1) is 17.6. The molecule has 1 aliphatic carbocycles. The van der Waals surface area contributed by atoms with Crippen molar-refractivity contribution in [3.63, 3.8) is 0 Å². The monoisotopic (exact) mass is 517 g/mol. The van der Waals surface area contributed by atoms with Crippen LogP contribution in [0.3, 0.4) is 0 Å². The zero-order chi connectivity index (χ0) is 25.6. The van der Waals surface area contributed by atoms with Crippen molar-refractivity contribution in [2.24, 2.45) is 21.8 Å². The molecule has 0 unspecified atom stereocenters. The van der Waals surface area contributed by atoms with Crippen LogP contribution in [0.15, 0.2) is 76.5 Å². The third-order valence-corrected chi connectivity index (χ3v) is 7.18. The van der Waals surface area contributed by atoms with Gasteiger partial charge in [0.15, 0.2) is 0 Å². The van der Waals surface area contributed by atoms with Crippen molar-refractivity contribution in [2.75, 3.05) is 26.7 Å². The van der Waals surface area contributed by atoms with Gasteiger partial charge in [0.2, 0.25) is 0 Å². The van der Waals surface area contributed by atoms with Crippen LogP contribution < -0.4 is 0 Å². The zero-order valence-electron chi connectivity index (χ0n) is 22.2. The van der Waals surface area contributed by atoms with Crippen molar-refractivity contribution < 1.29 is 0 Å². The van der Waals surface area contributed by atoms with E-state index in [1.54, 1.807) is 12.1 Å². The van der Waals surface area contributed by atoms with E-state index in [4.69, 9.17) is 0 Å². The van der Waals surface area contributed by atoms with E-state index in [9.17, 15) is 14.7 Å². The smallest absolute Gasteiger partial charge is 0.0736 e. The van der Waals surface area contributed by atoms with E-state index in [2.05, 4.69) is 15.9 Å². The molecule has 0 spiro atoms. The molecule has 3 rings (SSSR count). The quantitative estimate of drug-likeness (QED) is 0.168. The molecule has 2 aromatic carbocycles. The van der Waals surface area contributed by atoms with E-state index in [0.717, 1.165) is 30.4 Å².